The third-order valence-electron chi connectivity index (χ3n) is 4.70. The van der Waals surface area contributed by atoms with Crippen LogP contribution in [0.5, 0.6) is 0 Å². The highest BCUT2D eigenvalue weighted by atomic mass is 16.1. The number of amides is 2. The number of fused-ring (bicyclic) bond motifs is 1. The summed E-state index contributed by atoms with van der Waals surface area (Å²) < 4.78 is 0. The first-order valence-corrected chi connectivity index (χ1v) is 9.48. The number of nitrogens with zero attached hydrogens (tertiary/aromatic N) is 1. The van der Waals surface area contributed by atoms with Gasteiger partial charge in [0, 0.05) is 22.7 Å². The fourth-order valence-electron chi connectivity index (χ4n) is 3.27. The number of aromatic amines is 1. The fourth-order valence-corrected chi connectivity index (χ4v) is 3.27. The summed E-state index contributed by atoms with van der Waals surface area (Å²) in [7, 11) is 0. The molecule has 2 aromatic carbocycles. The molecule has 2 aromatic heterocycles. The minimum Gasteiger partial charge on any atom is -0.366 e. The highest BCUT2D eigenvalue weighted by molar-refractivity contribution is 6.24. The Bertz CT molecular complexity index is 1230. The Labute approximate surface area is 173 Å². The standard InChI is InChI=1S/C24H20N4O2/c25-23(30)20(17-9-5-2-6-10-17)12-18-14-26-24-21(18)13-19(15-27-24)28-22(29)11-16-7-3-1-4-8-16/h1-10,12-15H,11H2,(H2,25,30)(H,26,27)(H,28,29). The molecule has 0 bridgehead atoms. The summed E-state index contributed by atoms with van der Waals surface area (Å²) in [5.41, 5.74) is 9.67. The molecule has 2 heterocycles. The van der Waals surface area contributed by atoms with Gasteiger partial charge in [-0.25, -0.2) is 4.98 Å². The number of carbonyl (C=O) groups is 2. The normalized spacial score (nSPS) is 11.4. The van der Waals surface area contributed by atoms with Gasteiger partial charge in [-0.3, -0.25) is 9.59 Å². The number of hydrogen-bond donors (Lipinski definition) is 3. The van der Waals surface area contributed by atoms with Gasteiger partial charge in [0.05, 0.1) is 18.3 Å². The van der Waals surface area contributed by atoms with Crippen molar-refractivity contribution in [3.8, 4) is 0 Å². The Hall–Kier alpha value is -4.19. The lowest BCUT2D eigenvalue weighted by molar-refractivity contribution is -0.115. The average molecular weight is 396 g/mol. The molecule has 0 atom stereocenters. The van der Waals surface area contributed by atoms with E-state index in [9.17, 15) is 9.59 Å². The molecule has 6 heteroatoms. The SMILES string of the molecule is NC(=O)C(=Cc1c[nH]c2ncc(NC(=O)Cc3ccccc3)cc12)c1ccccc1. The number of nitrogens with one attached hydrogen (secondary N) is 2. The predicted molar refractivity (Wildman–Crippen MR) is 118 cm³/mol. The number of carbonyl (C=O) groups excluding carboxylic acids is 2. The minimum absolute atomic E-state index is 0.128. The van der Waals surface area contributed by atoms with Crippen molar-refractivity contribution < 1.29 is 9.59 Å². The number of anilines is 1. The lowest BCUT2D eigenvalue weighted by atomic mass is 10.0. The van der Waals surface area contributed by atoms with E-state index in [-0.39, 0.29) is 12.3 Å². The molecule has 2 amide bonds. The molecule has 0 radical (unpaired) electrons. The molecule has 30 heavy (non-hydrogen) atoms. The number of benzene rings is 2. The number of H-pyrrole nitrogens is 1. The maximum Gasteiger partial charge on any atom is 0.249 e. The van der Waals surface area contributed by atoms with Gasteiger partial charge in [0.15, 0.2) is 0 Å². The number of aromatic nitrogens is 2. The number of pyridine rings is 1. The van der Waals surface area contributed by atoms with Crippen molar-refractivity contribution in [3.05, 3.63) is 95.8 Å². The Balaban J connectivity index is 1.63. The molecule has 0 unspecified atom stereocenters. The van der Waals surface area contributed by atoms with Gasteiger partial charge in [-0.15, -0.1) is 0 Å². The first kappa shape index (κ1) is 19.1. The van der Waals surface area contributed by atoms with E-state index in [2.05, 4.69) is 15.3 Å². The molecule has 0 saturated heterocycles. The van der Waals surface area contributed by atoms with Crippen LogP contribution < -0.4 is 11.1 Å². The Morgan fingerprint density at radius 2 is 1.73 bits per heavy atom. The first-order valence-electron chi connectivity index (χ1n) is 9.48. The third-order valence-corrected chi connectivity index (χ3v) is 4.70. The van der Waals surface area contributed by atoms with Gasteiger partial charge in [-0.05, 0) is 23.3 Å². The van der Waals surface area contributed by atoms with Gasteiger partial charge in [-0.2, -0.15) is 0 Å². The van der Waals surface area contributed by atoms with Crippen LogP contribution in [-0.2, 0) is 16.0 Å². The third kappa shape index (κ3) is 4.28. The van der Waals surface area contributed by atoms with E-state index in [0.717, 1.165) is 22.1 Å². The van der Waals surface area contributed by atoms with Crippen molar-refractivity contribution in [1.29, 1.82) is 0 Å². The number of hydrogen-bond acceptors (Lipinski definition) is 3. The summed E-state index contributed by atoms with van der Waals surface area (Å²) in [4.78, 5) is 31.8. The lowest BCUT2D eigenvalue weighted by Gasteiger charge is -2.06. The summed E-state index contributed by atoms with van der Waals surface area (Å²) in [6.07, 6.45) is 5.37. The van der Waals surface area contributed by atoms with Crippen molar-refractivity contribution in [2.24, 2.45) is 5.73 Å². The van der Waals surface area contributed by atoms with E-state index in [1.54, 1.807) is 18.5 Å². The van der Waals surface area contributed by atoms with Crippen LogP contribution in [0.25, 0.3) is 22.7 Å². The van der Waals surface area contributed by atoms with E-state index >= 15 is 0 Å². The van der Waals surface area contributed by atoms with E-state index < -0.39 is 5.91 Å². The second-order valence-corrected chi connectivity index (χ2v) is 6.86. The molecule has 0 saturated carbocycles. The largest absolute Gasteiger partial charge is 0.366 e. The topological polar surface area (TPSA) is 101 Å². The van der Waals surface area contributed by atoms with Crippen molar-refractivity contribution in [2.75, 3.05) is 5.32 Å². The van der Waals surface area contributed by atoms with E-state index in [1.165, 1.54) is 0 Å². The highest BCUT2D eigenvalue weighted by Gasteiger charge is 2.12. The molecule has 148 valence electrons. The summed E-state index contributed by atoms with van der Waals surface area (Å²) in [6, 6.07) is 20.6. The average Bonchev–Trinajstić information content (AvgIpc) is 3.15. The fraction of sp³-hybridized carbons (Fsp3) is 0.0417. The minimum atomic E-state index is -0.518. The van der Waals surface area contributed by atoms with Crippen LogP contribution in [0.2, 0.25) is 0 Å². The van der Waals surface area contributed by atoms with Crippen LogP contribution in [0.3, 0.4) is 0 Å². The molecule has 6 nitrogen and oxygen atoms in total. The van der Waals surface area contributed by atoms with Crippen molar-refractivity contribution in [1.82, 2.24) is 9.97 Å². The first-order chi connectivity index (χ1) is 14.6. The maximum atomic E-state index is 12.4. The van der Waals surface area contributed by atoms with Crippen molar-refractivity contribution >= 4 is 40.2 Å². The summed E-state index contributed by atoms with van der Waals surface area (Å²) >= 11 is 0. The smallest absolute Gasteiger partial charge is 0.249 e. The van der Waals surface area contributed by atoms with E-state index in [0.29, 0.717) is 16.9 Å². The molecule has 0 spiro atoms. The maximum absolute atomic E-state index is 12.4. The molecule has 0 fully saturated rings. The van der Waals surface area contributed by atoms with Gasteiger partial charge in [-0.1, -0.05) is 60.7 Å². The lowest BCUT2D eigenvalue weighted by Crippen LogP contribution is -2.14. The quantitative estimate of drug-likeness (QED) is 0.433. The molecule has 4 N–H and O–H groups in total. The van der Waals surface area contributed by atoms with Crippen molar-refractivity contribution in [2.45, 2.75) is 6.42 Å². The Morgan fingerprint density at radius 3 is 2.43 bits per heavy atom. The van der Waals surface area contributed by atoms with Gasteiger partial charge < -0.3 is 16.0 Å². The van der Waals surface area contributed by atoms with Crippen LogP contribution in [0, 0.1) is 0 Å². The van der Waals surface area contributed by atoms with Crippen LogP contribution in [0.1, 0.15) is 16.7 Å². The summed E-state index contributed by atoms with van der Waals surface area (Å²) in [6.45, 7) is 0. The van der Waals surface area contributed by atoms with Crippen LogP contribution in [-0.4, -0.2) is 21.8 Å². The zero-order chi connectivity index (χ0) is 20.9. The second kappa shape index (κ2) is 8.45. The van der Waals surface area contributed by atoms with E-state index in [1.807, 2.05) is 66.7 Å². The molecule has 4 rings (SSSR count). The summed E-state index contributed by atoms with van der Waals surface area (Å²) in [5, 5.41) is 3.66. The number of nitrogens with two attached hydrogens (primary N) is 1. The molecular weight excluding hydrogens is 376 g/mol. The van der Waals surface area contributed by atoms with Crippen LogP contribution in [0.4, 0.5) is 5.69 Å². The Kier molecular flexibility index (Phi) is 5.39. The predicted octanol–water partition coefficient (Wildman–Crippen LogP) is 3.77. The Morgan fingerprint density at radius 1 is 1.03 bits per heavy atom. The number of primary amides is 1. The van der Waals surface area contributed by atoms with Gasteiger partial charge in [0.25, 0.3) is 0 Å². The monoisotopic (exact) mass is 396 g/mol. The highest BCUT2D eigenvalue weighted by Crippen LogP contribution is 2.25. The molecule has 0 aliphatic carbocycles. The molecular formula is C24H20N4O2. The molecule has 0 aliphatic heterocycles. The van der Waals surface area contributed by atoms with Crippen LogP contribution >= 0.6 is 0 Å². The molecule has 4 aromatic rings. The van der Waals surface area contributed by atoms with Crippen LogP contribution in [0.15, 0.2) is 79.1 Å². The second-order valence-electron chi connectivity index (χ2n) is 6.86. The van der Waals surface area contributed by atoms with Gasteiger partial charge >= 0.3 is 0 Å². The molecule has 0 aliphatic rings. The van der Waals surface area contributed by atoms with Gasteiger partial charge in [0.1, 0.15) is 5.65 Å². The zero-order valence-corrected chi connectivity index (χ0v) is 16.1. The summed E-state index contributed by atoms with van der Waals surface area (Å²) in [5.74, 6) is -0.645. The van der Waals surface area contributed by atoms with Gasteiger partial charge in [0.2, 0.25) is 11.8 Å². The number of rotatable bonds is 6. The van der Waals surface area contributed by atoms with E-state index in [4.69, 9.17) is 5.73 Å². The zero-order valence-electron chi connectivity index (χ0n) is 16.1. The van der Waals surface area contributed by atoms with Crippen molar-refractivity contribution in [3.63, 3.8) is 0 Å².